The minimum atomic E-state index is -0.733. The molecule has 1 aliphatic heterocycles. The molecule has 6 nitrogen and oxygen atoms in total. The fourth-order valence-corrected chi connectivity index (χ4v) is 3.28. The van der Waals surface area contributed by atoms with Crippen LogP contribution in [0.2, 0.25) is 0 Å². The number of ether oxygens (including phenoxy) is 2. The summed E-state index contributed by atoms with van der Waals surface area (Å²) in [7, 11) is 0. The Balaban J connectivity index is 1.44. The quantitative estimate of drug-likeness (QED) is 0.562. The highest BCUT2D eigenvalue weighted by Crippen LogP contribution is 2.30. The molecule has 4 rings (SSSR count). The van der Waals surface area contributed by atoms with Crippen LogP contribution in [0.5, 0.6) is 11.5 Å². The van der Waals surface area contributed by atoms with E-state index in [4.69, 9.17) is 9.47 Å². The Morgan fingerprint density at radius 1 is 1.11 bits per heavy atom. The van der Waals surface area contributed by atoms with Crippen molar-refractivity contribution in [2.24, 2.45) is 5.10 Å². The van der Waals surface area contributed by atoms with Crippen LogP contribution < -0.4 is 14.9 Å². The number of rotatable bonds is 4. The third-order valence-corrected chi connectivity index (χ3v) is 4.66. The second kappa shape index (κ2) is 7.60. The molecule has 0 fully saturated rings. The van der Waals surface area contributed by atoms with Gasteiger partial charge in [0.15, 0.2) is 11.5 Å². The van der Waals surface area contributed by atoms with Gasteiger partial charge < -0.3 is 14.0 Å². The van der Waals surface area contributed by atoms with Crippen molar-refractivity contribution in [3.63, 3.8) is 0 Å². The fourth-order valence-electron chi connectivity index (χ4n) is 3.28. The summed E-state index contributed by atoms with van der Waals surface area (Å²) in [6, 6.07) is 19.4. The predicted molar refractivity (Wildman–Crippen MR) is 107 cm³/mol. The first kappa shape index (κ1) is 17.9. The maximum atomic E-state index is 12.3. The Morgan fingerprint density at radius 2 is 1.82 bits per heavy atom. The summed E-state index contributed by atoms with van der Waals surface area (Å²) in [5, 5.41) is 4.11. The number of hydrogen-bond acceptors (Lipinski definition) is 4. The predicted octanol–water partition coefficient (Wildman–Crippen LogP) is 3.38. The summed E-state index contributed by atoms with van der Waals surface area (Å²) >= 11 is 0. The number of aryl methyl sites for hydroxylation is 1. The summed E-state index contributed by atoms with van der Waals surface area (Å²) in [4.78, 5) is 12.3. The number of hydrazone groups is 1. The lowest BCUT2D eigenvalue weighted by molar-refractivity contribution is -0.130. The van der Waals surface area contributed by atoms with Crippen LogP contribution in [0.25, 0.3) is 5.69 Å². The van der Waals surface area contributed by atoms with Gasteiger partial charge in [-0.05, 0) is 44.2 Å². The molecule has 28 heavy (non-hydrogen) atoms. The van der Waals surface area contributed by atoms with E-state index in [2.05, 4.69) is 27.2 Å². The van der Waals surface area contributed by atoms with Crippen LogP contribution in [0.3, 0.4) is 0 Å². The van der Waals surface area contributed by atoms with Crippen molar-refractivity contribution in [3.8, 4) is 17.2 Å². The maximum absolute atomic E-state index is 12.3. The second-order valence-electron chi connectivity index (χ2n) is 6.60. The molecule has 0 radical (unpaired) electrons. The topological polar surface area (TPSA) is 64.8 Å². The molecular weight excluding hydrogens is 354 g/mol. The number of nitrogens with zero attached hydrogens (tertiary/aromatic N) is 2. The van der Waals surface area contributed by atoms with Gasteiger partial charge in [0.25, 0.3) is 5.91 Å². The number of nitrogens with one attached hydrogen (secondary N) is 1. The molecular formula is C22H21N3O3. The number of carbonyl (C=O) groups is 1. The van der Waals surface area contributed by atoms with Crippen LogP contribution in [0.15, 0.2) is 65.8 Å². The van der Waals surface area contributed by atoms with Gasteiger partial charge in [-0.1, -0.05) is 30.3 Å². The van der Waals surface area contributed by atoms with E-state index >= 15 is 0 Å². The molecule has 1 atom stereocenters. The van der Waals surface area contributed by atoms with Gasteiger partial charge >= 0.3 is 0 Å². The highest BCUT2D eigenvalue weighted by molar-refractivity contribution is 5.86. The van der Waals surface area contributed by atoms with Gasteiger partial charge in [-0.15, -0.1) is 0 Å². The van der Waals surface area contributed by atoms with Crippen molar-refractivity contribution in [1.29, 1.82) is 0 Å². The van der Waals surface area contributed by atoms with Crippen molar-refractivity contribution in [3.05, 3.63) is 77.6 Å². The van der Waals surface area contributed by atoms with Crippen molar-refractivity contribution >= 4 is 12.1 Å². The minimum absolute atomic E-state index is 0.154. The molecule has 3 aromatic rings. The first-order chi connectivity index (χ1) is 13.6. The molecule has 0 bridgehead atoms. The van der Waals surface area contributed by atoms with E-state index in [1.54, 1.807) is 12.3 Å². The summed E-state index contributed by atoms with van der Waals surface area (Å²) in [6.45, 7) is 4.22. The van der Waals surface area contributed by atoms with E-state index in [-0.39, 0.29) is 12.5 Å². The van der Waals surface area contributed by atoms with E-state index in [0.29, 0.717) is 11.5 Å². The zero-order chi connectivity index (χ0) is 19.5. The van der Waals surface area contributed by atoms with Gasteiger partial charge in [0.2, 0.25) is 6.10 Å². The average molecular weight is 375 g/mol. The molecule has 1 aliphatic rings. The molecule has 6 heteroatoms. The standard InChI is InChI=1S/C22H21N3O3/c1-15-12-17(16(2)25(15)18-8-4-3-5-9-18)13-23-24-22(26)21-14-27-19-10-6-7-11-20(19)28-21/h3-13,21H,14H2,1-2H3,(H,24,26)/b23-13-/t21-/m1/s1. The largest absolute Gasteiger partial charge is 0.485 e. The lowest BCUT2D eigenvalue weighted by Crippen LogP contribution is -2.42. The molecule has 2 heterocycles. The van der Waals surface area contributed by atoms with Crippen LogP contribution in [0.4, 0.5) is 0 Å². The number of hydrogen-bond donors (Lipinski definition) is 1. The lowest BCUT2D eigenvalue weighted by Gasteiger charge is -2.24. The molecule has 1 N–H and O–H groups in total. The Kier molecular flexibility index (Phi) is 4.85. The SMILES string of the molecule is Cc1cc(/C=N\NC(=O)[C@H]2COc3ccccc3O2)c(C)n1-c1ccccc1. The molecule has 1 amide bonds. The fraction of sp³-hybridized carbons (Fsp3) is 0.182. The van der Waals surface area contributed by atoms with Crippen LogP contribution in [-0.2, 0) is 4.79 Å². The number of benzene rings is 2. The van der Waals surface area contributed by atoms with Crippen LogP contribution in [0.1, 0.15) is 17.0 Å². The molecule has 0 spiro atoms. The summed E-state index contributed by atoms with van der Waals surface area (Å²) in [6.07, 6.45) is 0.918. The van der Waals surface area contributed by atoms with Crippen LogP contribution in [-0.4, -0.2) is 29.4 Å². The molecule has 142 valence electrons. The Hall–Kier alpha value is -3.54. The molecule has 1 aromatic heterocycles. The highest BCUT2D eigenvalue weighted by atomic mass is 16.6. The molecule has 0 saturated heterocycles. The molecule has 0 unspecified atom stereocenters. The summed E-state index contributed by atoms with van der Waals surface area (Å²) in [5.41, 5.74) is 6.72. The zero-order valence-electron chi connectivity index (χ0n) is 15.8. The van der Waals surface area contributed by atoms with Gasteiger partial charge in [0.1, 0.15) is 6.61 Å². The van der Waals surface area contributed by atoms with Crippen LogP contribution in [0, 0.1) is 13.8 Å². The normalized spacial score (nSPS) is 15.6. The molecule has 2 aromatic carbocycles. The van der Waals surface area contributed by atoms with Crippen LogP contribution >= 0.6 is 0 Å². The van der Waals surface area contributed by atoms with Gasteiger partial charge in [-0.25, -0.2) is 5.43 Å². The van der Waals surface area contributed by atoms with E-state index in [9.17, 15) is 4.79 Å². The highest BCUT2D eigenvalue weighted by Gasteiger charge is 2.27. The van der Waals surface area contributed by atoms with Crippen molar-refractivity contribution in [1.82, 2.24) is 9.99 Å². The van der Waals surface area contributed by atoms with E-state index < -0.39 is 6.10 Å². The summed E-state index contributed by atoms with van der Waals surface area (Å²) in [5.74, 6) is 0.857. The number of aromatic nitrogens is 1. The van der Waals surface area contributed by atoms with E-state index in [0.717, 1.165) is 22.6 Å². The lowest BCUT2D eigenvalue weighted by atomic mass is 10.2. The summed E-state index contributed by atoms with van der Waals surface area (Å²) < 4.78 is 13.4. The Labute approximate surface area is 163 Å². The molecule has 0 saturated carbocycles. The van der Waals surface area contributed by atoms with E-state index in [1.807, 2.05) is 56.3 Å². The van der Waals surface area contributed by atoms with Crippen molar-refractivity contribution < 1.29 is 14.3 Å². The maximum Gasteiger partial charge on any atom is 0.284 e. The van der Waals surface area contributed by atoms with Gasteiger partial charge in [-0.2, -0.15) is 5.10 Å². The van der Waals surface area contributed by atoms with Gasteiger partial charge in [-0.3, -0.25) is 4.79 Å². The third-order valence-electron chi connectivity index (χ3n) is 4.66. The second-order valence-corrected chi connectivity index (χ2v) is 6.60. The van der Waals surface area contributed by atoms with Crippen molar-refractivity contribution in [2.75, 3.05) is 6.61 Å². The van der Waals surface area contributed by atoms with Gasteiger partial charge in [0, 0.05) is 22.6 Å². The van der Waals surface area contributed by atoms with Gasteiger partial charge in [0.05, 0.1) is 6.21 Å². The minimum Gasteiger partial charge on any atom is -0.485 e. The Morgan fingerprint density at radius 3 is 2.61 bits per heavy atom. The monoisotopic (exact) mass is 375 g/mol. The Bertz CT molecular complexity index is 1020. The number of fused-ring (bicyclic) bond motifs is 1. The first-order valence-corrected chi connectivity index (χ1v) is 9.09. The number of amides is 1. The number of para-hydroxylation sites is 3. The average Bonchev–Trinajstić information content (AvgIpc) is 3.01. The van der Waals surface area contributed by atoms with E-state index in [1.165, 1.54) is 0 Å². The third kappa shape index (κ3) is 3.49. The van der Waals surface area contributed by atoms with Crippen molar-refractivity contribution in [2.45, 2.75) is 20.0 Å². The smallest absolute Gasteiger partial charge is 0.284 e. The first-order valence-electron chi connectivity index (χ1n) is 9.09. The number of carbonyl (C=O) groups excluding carboxylic acids is 1. The molecule has 0 aliphatic carbocycles. The zero-order valence-corrected chi connectivity index (χ0v) is 15.8.